The first kappa shape index (κ1) is 12.6. The van der Waals surface area contributed by atoms with E-state index >= 15 is 0 Å². The normalized spacial score (nSPS) is 21.9. The smallest absolute Gasteiger partial charge is 0.110 e. The standard InChI is InChI=1S/C13H23N3O/c1-2-5-16-6-4-15-13(16)9-12(14)8-11-3-7-17-10-11/h4,6,11-12H,2-3,5,7-10,14H2,1H3. The number of nitrogens with two attached hydrogens (primary N) is 1. The predicted molar refractivity (Wildman–Crippen MR) is 67.7 cm³/mol. The van der Waals surface area contributed by atoms with Gasteiger partial charge in [0.1, 0.15) is 5.82 Å². The number of ether oxygens (including phenoxy) is 1. The minimum absolute atomic E-state index is 0.208. The molecule has 2 unspecified atom stereocenters. The van der Waals surface area contributed by atoms with E-state index in [0.717, 1.165) is 51.3 Å². The lowest BCUT2D eigenvalue weighted by molar-refractivity contribution is 0.182. The maximum absolute atomic E-state index is 6.20. The van der Waals surface area contributed by atoms with Crippen LogP contribution in [0.3, 0.4) is 0 Å². The van der Waals surface area contributed by atoms with Crippen LogP contribution in [0.1, 0.15) is 32.0 Å². The third-order valence-electron chi connectivity index (χ3n) is 3.37. The molecule has 2 heterocycles. The zero-order valence-electron chi connectivity index (χ0n) is 10.6. The largest absolute Gasteiger partial charge is 0.381 e. The first-order chi connectivity index (χ1) is 8.29. The van der Waals surface area contributed by atoms with Crippen LogP contribution in [-0.4, -0.2) is 28.8 Å². The first-order valence-electron chi connectivity index (χ1n) is 6.63. The van der Waals surface area contributed by atoms with Gasteiger partial charge < -0.3 is 15.0 Å². The van der Waals surface area contributed by atoms with E-state index in [-0.39, 0.29) is 6.04 Å². The SMILES string of the molecule is CCCn1ccnc1CC(N)CC1CCOC1. The molecule has 0 radical (unpaired) electrons. The van der Waals surface area contributed by atoms with Gasteiger partial charge in [-0.3, -0.25) is 0 Å². The maximum Gasteiger partial charge on any atom is 0.110 e. The van der Waals surface area contributed by atoms with Crippen molar-refractivity contribution in [2.24, 2.45) is 11.7 Å². The Morgan fingerprint density at radius 1 is 1.65 bits per heavy atom. The average Bonchev–Trinajstić information content (AvgIpc) is 2.92. The molecule has 1 saturated heterocycles. The van der Waals surface area contributed by atoms with Gasteiger partial charge >= 0.3 is 0 Å². The molecule has 1 fully saturated rings. The minimum atomic E-state index is 0.208. The molecule has 4 nitrogen and oxygen atoms in total. The van der Waals surface area contributed by atoms with Crippen molar-refractivity contribution in [1.82, 2.24) is 9.55 Å². The summed E-state index contributed by atoms with van der Waals surface area (Å²) in [7, 11) is 0. The highest BCUT2D eigenvalue weighted by atomic mass is 16.5. The van der Waals surface area contributed by atoms with Crippen LogP contribution in [0.5, 0.6) is 0 Å². The molecular weight excluding hydrogens is 214 g/mol. The molecule has 1 aliphatic rings. The molecule has 2 rings (SSSR count). The van der Waals surface area contributed by atoms with E-state index in [2.05, 4.69) is 16.5 Å². The van der Waals surface area contributed by atoms with Crippen molar-refractivity contribution in [3.63, 3.8) is 0 Å². The van der Waals surface area contributed by atoms with E-state index in [4.69, 9.17) is 10.5 Å². The Morgan fingerprint density at radius 2 is 2.53 bits per heavy atom. The van der Waals surface area contributed by atoms with Gasteiger partial charge in [-0.05, 0) is 25.2 Å². The number of imidazole rings is 1. The number of hydrogen-bond acceptors (Lipinski definition) is 3. The number of aryl methyl sites for hydroxylation is 1. The van der Waals surface area contributed by atoms with E-state index in [9.17, 15) is 0 Å². The van der Waals surface area contributed by atoms with Crippen LogP contribution in [0.2, 0.25) is 0 Å². The monoisotopic (exact) mass is 237 g/mol. The molecule has 0 saturated carbocycles. The summed E-state index contributed by atoms with van der Waals surface area (Å²) in [6.45, 7) is 5.01. The molecule has 2 atom stereocenters. The summed E-state index contributed by atoms with van der Waals surface area (Å²) in [6, 6.07) is 0.208. The van der Waals surface area contributed by atoms with Gasteiger partial charge in [-0.1, -0.05) is 6.92 Å². The van der Waals surface area contributed by atoms with Crippen LogP contribution in [0.4, 0.5) is 0 Å². The Balaban J connectivity index is 1.83. The van der Waals surface area contributed by atoms with Crippen molar-refractivity contribution in [2.45, 2.75) is 45.2 Å². The van der Waals surface area contributed by atoms with Gasteiger partial charge in [0.15, 0.2) is 0 Å². The molecule has 1 aromatic heterocycles. The van der Waals surface area contributed by atoms with Crippen molar-refractivity contribution in [1.29, 1.82) is 0 Å². The molecule has 1 aromatic rings. The fraction of sp³-hybridized carbons (Fsp3) is 0.769. The van der Waals surface area contributed by atoms with E-state index < -0.39 is 0 Å². The van der Waals surface area contributed by atoms with Gasteiger partial charge in [-0.2, -0.15) is 0 Å². The summed E-state index contributed by atoms with van der Waals surface area (Å²) in [5.74, 6) is 1.78. The number of nitrogens with zero attached hydrogens (tertiary/aromatic N) is 2. The third kappa shape index (κ3) is 3.54. The number of rotatable bonds is 6. The molecule has 4 heteroatoms. The van der Waals surface area contributed by atoms with Gasteiger partial charge in [0.05, 0.1) is 0 Å². The second-order valence-corrected chi connectivity index (χ2v) is 4.97. The first-order valence-corrected chi connectivity index (χ1v) is 6.63. The van der Waals surface area contributed by atoms with Crippen molar-refractivity contribution in [3.8, 4) is 0 Å². The second-order valence-electron chi connectivity index (χ2n) is 4.97. The van der Waals surface area contributed by atoms with Crippen molar-refractivity contribution in [2.75, 3.05) is 13.2 Å². The van der Waals surface area contributed by atoms with Gasteiger partial charge in [0, 0.05) is 44.6 Å². The molecule has 0 amide bonds. The quantitative estimate of drug-likeness (QED) is 0.817. The van der Waals surface area contributed by atoms with Crippen LogP contribution in [0, 0.1) is 5.92 Å². The minimum Gasteiger partial charge on any atom is -0.381 e. The van der Waals surface area contributed by atoms with E-state index in [1.807, 2.05) is 12.4 Å². The lowest BCUT2D eigenvalue weighted by atomic mass is 9.97. The number of hydrogen-bond donors (Lipinski definition) is 1. The van der Waals surface area contributed by atoms with Crippen LogP contribution >= 0.6 is 0 Å². The lowest BCUT2D eigenvalue weighted by Gasteiger charge is -2.15. The summed E-state index contributed by atoms with van der Waals surface area (Å²) >= 11 is 0. The lowest BCUT2D eigenvalue weighted by Crippen LogP contribution is -2.27. The van der Waals surface area contributed by atoms with Crippen LogP contribution in [0.25, 0.3) is 0 Å². The summed E-state index contributed by atoms with van der Waals surface area (Å²) in [5.41, 5.74) is 6.20. The Hall–Kier alpha value is -0.870. The fourth-order valence-electron chi connectivity index (χ4n) is 2.49. The van der Waals surface area contributed by atoms with Gasteiger partial charge in [0.25, 0.3) is 0 Å². The summed E-state index contributed by atoms with van der Waals surface area (Å²) < 4.78 is 7.59. The molecule has 17 heavy (non-hydrogen) atoms. The highest BCUT2D eigenvalue weighted by Gasteiger charge is 2.19. The zero-order chi connectivity index (χ0) is 12.1. The van der Waals surface area contributed by atoms with Gasteiger partial charge in [-0.25, -0.2) is 4.98 Å². The second kappa shape index (κ2) is 6.17. The highest BCUT2D eigenvalue weighted by molar-refractivity contribution is 4.95. The van der Waals surface area contributed by atoms with Crippen LogP contribution < -0.4 is 5.73 Å². The summed E-state index contributed by atoms with van der Waals surface area (Å²) in [6.07, 6.45) is 8.15. The molecule has 0 aromatic carbocycles. The van der Waals surface area contributed by atoms with Crippen molar-refractivity contribution >= 4 is 0 Å². The molecule has 1 aliphatic heterocycles. The molecule has 0 spiro atoms. The molecule has 0 aliphatic carbocycles. The topological polar surface area (TPSA) is 53.1 Å². The van der Waals surface area contributed by atoms with E-state index in [0.29, 0.717) is 5.92 Å². The Morgan fingerprint density at radius 3 is 3.24 bits per heavy atom. The van der Waals surface area contributed by atoms with Gasteiger partial charge in [0.2, 0.25) is 0 Å². The number of aromatic nitrogens is 2. The molecular formula is C13H23N3O. The van der Waals surface area contributed by atoms with Gasteiger partial charge in [-0.15, -0.1) is 0 Å². The Bertz CT molecular complexity index is 331. The summed E-state index contributed by atoms with van der Waals surface area (Å²) in [5, 5.41) is 0. The van der Waals surface area contributed by atoms with Crippen molar-refractivity contribution < 1.29 is 4.74 Å². The Kier molecular flexibility index (Phi) is 4.57. The van der Waals surface area contributed by atoms with Crippen LogP contribution in [0.15, 0.2) is 12.4 Å². The molecule has 2 N–H and O–H groups in total. The highest BCUT2D eigenvalue weighted by Crippen LogP contribution is 2.18. The third-order valence-corrected chi connectivity index (χ3v) is 3.37. The molecule has 0 bridgehead atoms. The van der Waals surface area contributed by atoms with E-state index in [1.165, 1.54) is 0 Å². The average molecular weight is 237 g/mol. The predicted octanol–water partition coefficient (Wildman–Crippen LogP) is 1.59. The van der Waals surface area contributed by atoms with E-state index in [1.54, 1.807) is 0 Å². The zero-order valence-corrected chi connectivity index (χ0v) is 10.6. The Labute approximate surface area is 103 Å². The van der Waals surface area contributed by atoms with Crippen molar-refractivity contribution in [3.05, 3.63) is 18.2 Å². The molecule has 96 valence electrons. The summed E-state index contributed by atoms with van der Waals surface area (Å²) in [4.78, 5) is 4.40. The maximum atomic E-state index is 6.20. The fourth-order valence-corrected chi connectivity index (χ4v) is 2.49. The van der Waals surface area contributed by atoms with Crippen LogP contribution in [-0.2, 0) is 17.7 Å².